The third-order valence-electron chi connectivity index (χ3n) is 2.97. The molecular weight excluding hydrogens is 203 g/mol. The number of hydrogen-bond acceptors (Lipinski definition) is 2. The molecule has 0 aromatic heterocycles. The van der Waals surface area contributed by atoms with Crippen LogP contribution in [-0.2, 0) is 6.54 Å². The van der Waals surface area contributed by atoms with Gasteiger partial charge < -0.3 is 10.2 Å². The molecule has 0 saturated heterocycles. The van der Waals surface area contributed by atoms with Gasteiger partial charge in [-0.15, -0.1) is 0 Å². The first-order valence-electron chi connectivity index (χ1n) is 5.75. The lowest BCUT2D eigenvalue weighted by molar-refractivity contribution is 0.501. The Hall–Kier alpha value is -1.09. The summed E-state index contributed by atoms with van der Waals surface area (Å²) in [5.74, 6) is -0.156. The Morgan fingerprint density at radius 3 is 2.75 bits per heavy atom. The van der Waals surface area contributed by atoms with Crippen molar-refractivity contribution >= 4 is 5.69 Å². The molecule has 1 aromatic carbocycles. The average molecular weight is 222 g/mol. The van der Waals surface area contributed by atoms with E-state index in [9.17, 15) is 4.39 Å². The Labute approximate surface area is 96.5 Å². The zero-order valence-electron chi connectivity index (χ0n) is 10.2. The van der Waals surface area contributed by atoms with E-state index in [1.165, 1.54) is 0 Å². The van der Waals surface area contributed by atoms with E-state index in [1.807, 2.05) is 6.07 Å². The van der Waals surface area contributed by atoms with E-state index in [-0.39, 0.29) is 11.4 Å². The highest BCUT2D eigenvalue weighted by atomic mass is 19.1. The fourth-order valence-electron chi connectivity index (χ4n) is 2.19. The molecular formula is C13H19FN2. The molecule has 16 heavy (non-hydrogen) atoms. The van der Waals surface area contributed by atoms with Gasteiger partial charge in [-0.25, -0.2) is 4.39 Å². The summed E-state index contributed by atoms with van der Waals surface area (Å²) in [4.78, 5) is 2.34. The minimum atomic E-state index is -0.156. The van der Waals surface area contributed by atoms with Crippen molar-refractivity contribution in [1.29, 1.82) is 0 Å². The lowest BCUT2D eigenvalue weighted by Crippen LogP contribution is -2.43. The molecule has 0 unspecified atom stereocenters. The summed E-state index contributed by atoms with van der Waals surface area (Å²) < 4.78 is 13.2. The number of nitrogens with zero attached hydrogens (tertiary/aromatic N) is 1. The predicted molar refractivity (Wildman–Crippen MR) is 65.2 cm³/mol. The van der Waals surface area contributed by atoms with Gasteiger partial charge >= 0.3 is 0 Å². The van der Waals surface area contributed by atoms with Gasteiger partial charge in [-0.2, -0.15) is 0 Å². The first-order valence-corrected chi connectivity index (χ1v) is 5.75. The molecule has 0 fully saturated rings. The highest BCUT2D eigenvalue weighted by Gasteiger charge is 2.25. The second-order valence-corrected chi connectivity index (χ2v) is 5.27. The summed E-state index contributed by atoms with van der Waals surface area (Å²) in [5.41, 5.74) is 2.27. The first-order chi connectivity index (χ1) is 7.48. The van der Waals surface area contributed by atoms with Crippen LogP contribution in [0.4, 0.5) is 10.1 Å². The van der Waals surface area contributed by atoms with Crippen LogP contribution in [0, 0.1) is 5.82 Å². The van der Waals surface area contributed by atoms with Crippen molar-refractivity contribution in [3.63, 3.8) is 0 Å². The molecule has 1 heterocycles. The van der Waals surface area contributed by atoms with Crippen molar-refractivity contribution in [1.82, 2.24) is 5.32 Å². The number of nitrogens with one attached hydrogen (secondary N) is 1. The van der Waals surface area contributed by atoms with Crippen LogP contribution in [0.15, 0.2) is 18.2 Å². The van der Waals surface area contributed by atoms with Crippen LogP contribution in [0.3, 0.4) is 0 Å². The first kappa shape index (κ1) is 11.4. The molecule has 0 atom stereocenters. The van der Waals surface area contributed by atoms with Crippen molar-refractivity contribution < 1.29 is 4.39 Å². The van der Waals surface area contributed by atoms with E-state index in [0.717, 1.165) is 30.9 Å². The van der Waals surface area contributed by atoms with Crippen molar-refractivity contribution in [3.8, 4) is 0 Å². The van der Waals surface area contributed by atoms with Gasteiger partial charge in [0.2, 0.25) is 0 Å². The van der Waals surface area contributed by atoms with Crippen LogP contribution in [0.25, 0.3) is 0 Å². The van der Waals surface area contributed by atoms with Crippen LogP contribution in [0.2, 0.25) is 0 Å². The van der Waals surface area contributed by atoms with E-state index in [1.54, 1.807) is 12.1 Å². The minimum absolute atomic E-state index is 0.0681. The van der Waals surface area contributed by atoms with Crippen LogP contribution in [-0.4, -0.2) is 18.6 Å². The second-order valence-electron chi connectivity index (χ2n) is 5.27. The van der Waals surface area contributed by atoms with Gasteiger partial charge in [0.05, 0.1) is 0 Å². The van der Waals surface area contributed by atoms with Gasteiger partial charge in [0.25, 0.3) is 0 Å². The molecule has 0 bridgehead atoms. The topological polar surface area (TPSA) is 15.3 Å². The predicted octanol–water partition coefficient (Wildman–Crippen LogP) is 2.53. The molecule has 88 valence electrons. The van der Waals surface area contributed by atoms with E-state index in [2.05, 4.69) is 31.0 Å². The fraction of sp³-hybridized carbons (Fsp3) is 0.538. The van der Waals surface area contributed by atoms with Crippen molar-refractivity contribution in [2.75, 3.05) is 18.0 Å². The second kappa shape index (κ2) is 4.06. The standard InChI is InChI=1S/C13H19FN2/c1-13(2,3)16-7-6-15-9-10-8-11(14)4-5-12(10)16/h4-5,8,15H,6-7,9H2,1-3H3. The van der Waals surface area contributed by atoms with Crippen LogP contribution < -0.4 is 10.2 Å². The Kier molecular flexibility index (Phi) is 2.89. The molecule has 0 saturated carbocycles. The summed E-state index contributed by atoms with van der Waals surface area (Å²) in [5, 5.41) is 3.32. The molecule has 2 nitrogen and oxygen atoms in total. The van der Waals surface area contributed by atoms with Crippen LogP contribution in [0.5, 0.6) is 0 Å². The van der Waals surface area contributed by atoms with Crippen molar-refractivity contribution in [2.24, 2.45) is 0 Å². The van der Waals surface area contributed by atoms with Gasteiger partial charge in [0, 0.05) is 30.9 Å². The number of benzene rings is 1. The summed E-state index contributed by atoms with van der Waals surface area (Å²) in [6.07, 6.45) is 0. The largest absolute Gasteiger partial charge is 0.365 e. The van der Waals surface area contributed by atoms with E-state index < -0.39 is 0 Å². The number of hydrogen-bond donors (Lipinski definition) is 1. The molecule has 0 aliphatic carbocycles. The highest BCUT2D eigenvalue weighted by Crippen LogP contribution is 2.29. The lowest BCUT2D eigenvalue weighted by Gasteiger charge is -2.37. The smallest absolute Gasteiger partial charge is 0.123 e. The number of anilines is 1. The van der Waals surface area contributed by atoms with E-state index >= 15 is 0 Å². The Bertz CT molecular complexity index is 382. The third kappa shape index (κ3) is 2.19. The molecule has 2 rings (SSSR count). The van der Waals surface area contributed by atoms with Crippen molar-refractivity contribution in [2.45, 2.75) is 32.9 Å². The maximum absolute atomic E-state index is 13.2. The lowest BCUT2D eigenvalue weighted by atomic mass is 10.0. The normalized spacial score (nSPS) is 16.9. The Morgan fingerprint density at radius 1 is 1.31 bits per heavy atom. The summed E-state index contributed by atoms with van der Waals surface area (Å²) in [7, 11) is 0. The maximum Gasteiger partial charge on any atom is 0.123 e. The summed E-state index contributed by atoms with van der Waals surface area (Å²) >= 11 is 0. The van der Waals surface area contributed by atoms with Gasteiger partial charge in [-0.3, -0.25) is 0 Å². The minimum Gasteiger partial charge on any atom is -0.365 e. The molecule has 0 radical (unpaired) electrons. The molecule has 3 heteroatoms. The third-order valence-corrected chi connectivity index (χ3v) is 2.97. The molecule has 1 aliphatic rings. The van der Waals surface area contributed by atoms with Gasteiger partial charge in [-0.1, -0.05) is 0 Å². The van der Waals surface area contributed by atoms with Gasteiger partial charge in [0.15, 0.2) is 0 Å². The monoisotopic (exact) mass is 222 g/mol. The maximum atomic E-state index is 13.2. The highest BCUT2D eigenvalue weighted by molar-refractivity contribution is 5.56. The number of fused-ring (bicyclic) bond motifs is 1. The molecule has 1 N–H and O–H groups in total. The zero-order valence-corrected chi connectivity index (χ0v) is 10.2. The molecule has 1 aromatic rings. The zero-order chi connectivity index (χ0) is 11.8. The van der Waals surface area contributed by atoms with Gasteiger partial charge in [0.1, 0.15) is 5.82 Å². The number of halogens is 1. The molecule has 0 amide bonds. The molecule has 1 aliphatic heterocycles. The van der Waals surface area contributed by atoms with E-state index in [0.29, 0.717) is 0 Å². The Morgan fingerprint density at radius 2 is 2.06 bits per heavy atom. The average Bonchev–Trinajstić information content (AvgIpc) is 2.38. The Balaban J connectivity index is 2.45. The molecule has 0 spiro atoms. The van der Waals surface area contributed by atoms with Gasteiger partial charge in [-0.05, 0) is 44.5 Å². The van der Waals surface area contributed by atoms with Crippen LogP contribution in [0.1, 0.15) is 26.3 Å². The van der Waals surface area contributed by atoms with E-state index in [4.69, 9.17) is 0 Å². The fourth-order valence-corrected chi connectivity index (χ4v) is 2.19. The summed E-state index contributed by atoms with van der Waals surface area (Å²) in [6.45, 7) is 9.21. The SMILES string of the molecule is CC(C)(C)N1CCNCc2cc(F)ccc21. The quantitative estimate of drug-likeness (QED) is 0.725. The van der Waals surface area contributed by atoms with Crippen molar-refractivity contribution in [3.05, 3.63) is 29.6 Å². The van der Waals surface area contributed by atoms with Crippen LogP contribution >= 0.6 is 0 Å². The number of rotatable bonds is 0. The summed E-state index contributed by atoms with van der Waals surface area (Å²) in [6, 6.07) is 5.07.